The number of hydrogen-bond acceptors (Lipinski definition) is 6. The lowest BCUT2D eigenvalue weighted by atomic mass is 10.2. The number of hydrogen-bond donors (Lipinski definition) is 0. The van der Waals surface area contributed by atoms with Gasteiger partial charge in [0.1, 0.15) is 16.5 Å². The number of rotatable bonds is 4. The number of aromatic nitrogens is 3. The molecule has 0 amide bonds. The fourth-order valence-electron chi connectivity index (χ4n) is 2.79. The van der Waals surface area contributed by atoms with Crippen LogP contribution < -0.4 is 5.56 Å². The number of nitrogens with zero attached hydrogens (tertiary/aromatic N) is 4. The van der Waals surface area contributed by atoms with Crippen molar-refractivity contribution >= 4 is 29.1 Å². The van der Waals surface area contributed by atoms with Gasteiger partial charge in [-0.05, 0) is 54.6 Å². The molecule has 3 aromatic heterocycles. The van der Waals surface area contributed by atoms with E-state index in [-0.39, 0.29) is 23.0 Å². The summed E-state index contributed by atoms with van der Waals surface area (Å²) < 4.78 is 6.54. The Kier molecular flexibility index (Phi) is 4.47. The summed E-state index contributed by atoms with van der Waals surface area (Å²) in [5, 5.41) is 11.1. The fraction of sp³-hybridized carbons (Fsp3) is 0. The molecule has 0 fully saturated rings. The third kappa shape index (κ3) is 3.40. The van der Waals surface area contributed by atoms with Crippen molar-refractivity contribution in [1.82, 2.24) is 14.5 Å². The highest BCUT2D eigenvalue weighted by atomic mass is 16.6. The van der Waals surface area contributed by atoms with E-state index in [1.807, 2.05) is 0 Å². The molecule has 4 aromatic rings. The van der Waals surface area contributed by atoms with Gasteiger partial charge in [0.05, 0.1) is 17.1 Å². The zero-order valence-corrected chi connectivity index (χ0v) is 14.9. The average Bonchev–Trinajstić information content (AvgIpc) is 3.22. The lowest BCUT2D eigenvalue weighted by Gasteiger charge is -2.11. The number of benzene rings is 1. The van der Waals surface area contributed by atoms with Crippen LogP contribution in [0.5, 0.6) is 0 Å². The molecule has 3 heterocycles. The molecular weight excluding hydrogens is 372 g/mol. The van der Waals surface area contributed by atoms with Crippen LogP contribution in [0.1, 0.15) is 17.1 Å². The smallest absolute Gasteiger partial charge is 0.401 e. The van der Waals surface area contributed by atoms with Crippen molar-refractivity contribution in [2.24, 2.45) is 0 Å². The quantitative estimate of drug-likeness (QED) is 0.303. The summed E-state index contributed by atoms with van der Waals surface area (Å²) in [5.74, 6) is 2.69. The van der Waals surface area contributed by atoms with Gasteiger partial charge in [0.2, 0.25) is 0 Å². The van der Waals surface area contributed by atoms with Gasteiger partial charge in [-0.2, -0.15) is 0 Å². The number of terminal acetylenes is 1. The summed E-state index contributed by atoms with van der Waals surface area (Å²) >= 11 is 0. The minimum atomic E-state index is -0.626. The first-order valence-electron chi connectivity index (χ1n) is 8.44. The summed E-state index contributed by atoms with van der Waals surface area (Å²) in [4.78, 5) is 31.9. The van der Waals surface area contributed by atoms with E-state index in [2.05, 4.69) is 15.9 Å². The van der Waals surface area contributed by atoms with Crippen LogP contribution in [0.15, 0.2) is 63.9 Å². The van der Waals surface area contributed by atoms with E-state index in [0.717, 1.165) is 0 Å². The number of pyridine rings is 1. The second kappa shape index (κ2) is 7.25. The zero-order chi connectivity index (χ0) is 20.4. The molecule has 0 radical (unpaired) electrons. The number of furan rings is 1. The van der Waals surface area contributed by atoms with Crippen LogP contribution in [0.4, 0.5) is 5.88 Å². The van der Waals surface area contributed by atoms with E-state index in [4.69, 9.17) is 10.8 Å². The third-order valence-corrected chi connectivity index (χ3v) is 4.15. The summed E-state index contributed by atoms with van der Waals surface area (Å²) in [5.41, 5.74) is 1.23. The minimum absolute atomic E-state index is 0.251. The lowest BCUT2D eigenvalue weighted by Crippen LogP contribution is -2.22. The summed E-state index contributed by atoms with van der Waals surface area (Å²) in [6.45, 7) is 0. The fourth-order valence-corrected chi connectivity index (χ4v) is 2.79. The van der Waals surface area contributed by atoms with Crippen LogP contribution in [-0.4, -0.2) is 19.5 Å². The van der Waals surface area contributed by atoms with Gasteiger partial charge >= 0.3 is 5.88 Å². The van der Waals surface area contributed by atoms with Gasteiger partial charge in [0.25, 0.3) is 5.56 Å². The Bertz CT molecular complexity index is 1360. The van der Waals surface area contributed by atoms with E-state index < -0.39 is 4.92 Å². The predicted molar refractivity (Wildman–Crippen MR) is 107 cm³/mol. The molecule has 8 nitrogen and oxygen atoms in total. The van der Waals surface area contributed by atoms with Gasteiger partial charge in [-0.15, -0.1) is 6.42 Å². The highest BCUT2D eigenvalue weighted by molar-refractivity contribution is 5.76. The van der Waals surface area contributed by atoms with Crippen LogP contribution in [0.2, 0.25) is 0 Å². The molecule has 140 valence electrons. The molecule has 0 bridgehead atoms. The SMILES string of the molecule is C#Cc1ccc(-n2c(C=Cc3ccc([N+](=O)[O-])o3)nc3ncccc3c2=O)cc1. The molecule has 0 unspecified atom stereocenters. The molecule has 29 heavy (non-hydrogen) atoms. The van der Waals surface area contributed by atoms with Gasteiger partial charge in [0, 0.05) is 11.8 Å². The minimum Gasteiger partial charge on any atom is -0.401 e. The summed E-state index contributed by atoms with van der Waals surface area (Å²) in [6, 6.07) is 12.9. The third-order valence-electron chi connectivity index (χ3n) is 4.15. The first-order chi connectivity index (χ1) is 14.1. The van der Waals surface area contributed by atoms with Crippen molar-refractivity contribution in [2.45, 2.75) is 0 Å². The van der Waals surface area contributed by atoms with E-state index >= 15 is 0 Å². The van der Waals surface area contributed by atoms with Crippen LogP contribution in [0.25, 0.3) is 28.9 Å². The van der Waals surface area contributed by atoms with Crippen LogP contribution >= 0.6 is 0 Å². The first kappa shape index (κ1) is 17.9. The van der Waals surface area contributed by atoms with E-state index in [1.165, 1.54) is 28.9 Å². The summed E-state index contributed by atoms with van der Waals surface area (Å²) in [7, 11) is 0. The molecule has 0 aliphatic rings. The van der Waals surface area contributed by atoms with Gasteiger partial charge in [0.15, 0.2) is 5.65 Å². The molecule has 0 atom stereocenters. The Hall–Kier alpha value is -4.51. The molecule has 0 N–H and O–H groups in total. The van der Waals surface area contributed by atoms with Crippen molar-refractivity contribution < 1.29 is 9.34 Å². The second-order valence-corrected chi connectivity index (χ2v) is 5.94. The van der Waals surface area contributed by atoms with Crippen molar-refractivity contribution in [3.05, 3.63) is 92.3 Å². The highest BCUT2D eigenvalue weighted by Gasteiger charge is 2.13. The largest absolute Gasteiger partial charge is 0.433 e. The predicted octanol–water partition coefficient (Wildman–Crippen LogP) is 3.43. The van der Waals surface area contributed by atoms with Crippen LogP contribution in [-0.2, 0) is 0 Å². The lowest BCUT2D eigenvalue weighted by molar-refractivity contribution is -0.402. The van der Waals surface area contributed by atoms with Gasteiger partial charge in [-0.3, -0.25) is 19.5 Å². The monoisotopic (exact) mass is 384 g/mol. The van der Waals surface area contributed by atoms with Gasteiger partial charge < -0.3 is 4.42 Å². The van der Waals surface area contributed by atoms with Crippen LogP contribution in [0.3, 0.4) is 0 Å². The van der Waals surface area contributed by atoms with E-state index in [0.29, 0.717) is 22.3 Å². The molecule has 0 aliphatic carbocycles. The van der Waals surface area contributed by atoms with Crippen molar-refractivity contribution in [3.63, 3.8) is 0 Å². The normalized spacial score (nSPS) is 11.0. The van der Waals surface area contributed by atoms with Gasteiger partial charge in [-0.1, -0.05) is 5.92 Å². The standard InChI is InChI=1S/C21H12N4O4/c1-2-14-5-7-15(8-6-14)24-18(11-9-16-10-12-19(29-16)25(27)28)23-20-17(21(24)26)4-3-13-22-20/h1,3-13H. The Morgan fingerprint density at radius 1 is 1.14 bits per heavy atom. The molecule has 8 heteroatoms. The Balaban J connectivity index is 1.88. The molecule has 0 aliphatic heterocycles. The van der Waals surface area contributed by atoms with Crippen molar-refractivity contribution in [3.8, 4) is 18.0 Å². The summed E-state index contributed by atoms with van der Waals surface area (Å²) in [6.07, 6.45) is 9.98. The molecule has 0 saturated carbocycles. The number of fused-ring (bicyclic) bond motifs is 1. The maximum absolute atomic E-state index is 13.1. The Labute approximate surface area is 163 Å². The Morgan fingerprint density at radius 2 is 1.93 bits per heavy atom. The van der Waals surface area contributed by atoms with Crippen LogP contribution in [0, 0.1) is 22.5 Å². The highest BCUT2D eigenvalue weighted by Crippen LogP contribution is 2.19. The molecule has 0 spiro atoms. The topological polar surface area (TPSA) is 104 Å². The van der Waals surface area contributed by atoms with Crippen molar-refractivity contribution in [1.29, 1.82) is 0 Å². The average molecular weight is 384 g/mol. The molecule has 0 saturated heterocycles. The number of nitro groups is 1. The van der Waals surface area contributed by atoms with Gasteiger partial charge in [-0.25, -0.2) is 9.97 Å². The second-order valence-electron chi connectivity index (χ2n) is 5.94. The first-order valence-corrected chi connectivity index (χ1v) is 8.44. The molecular formula is C21H12N4O4. The maximum atomic E-state index is 13.1. The zero-order valence-electron chi connectivity index (χ0n) is 14.9. The van der Waals surface area contributed by atoms with E-state index in [9.17, 15) is 14.9 Å². The maximum Gasteiger partial charge on any atom is 0.433 e. The molecule has 4 rings (SSSR count). The Morgan fingerprint density at radius 3 is 2.62 bits per heavy atom. The van der Waals surface area contributed by atoms with E-state index in [1.54, 1.807) is 42.6 Å². The molecule has 1 aromatic carbocycles. The van der Waals surface area contributed by atoms with Crippen molar-refractivity contribution in [2.75, 3.05) is 0 Å².